The maximum atomic E-state index is 9.01. The molecule has 2 atom stereocenters. The van der Waals surface area contributed by atoms with Gasteiger partial charge >= 0.3 is 0 Å². The Balaban J connectivity index is 2.57. The van der Waals surface area contributed by atoms with E-state index in [1.165, 1.54) is 37.8 Å². The van der Waals surface area contributed by atoms with E-state index in [4.69, 9.17) is 5.26 Å². The summed E-state index contributed by atoms with van der Waals surface area (Å²) < 4.78 is 2.05. The molecule has 0 saturated carbocycles. The van der Waals surface area contributed by atoms with Gasteiger partial charge in [-0.05, 0) is 5.92 Å². The molecule has 2 unspecified atom stereocenters. The van der Waals surface area contributed by atoms with Gasteiger partial charge in [-0.2, -0.15) is 5.26 Å². The van der Waals surface area contributed by atoms with Crippen molar-refractivity contribution in [3.05, 3.63) is 18.2 Å². The summed E-state index contributed by atoms with van der Waals surface area (Å²) in [5, 5.41) is 9.01. The number of aromatic nitrogens is 2. The Hall–Kier alpha value is -1.30. The van der Waals surface area contributed by atoms with Crippen molar-refractivity contribution in [3.63, 3.8) is 0 Å². The van der Waals surface area contributed by atoms with E-state index in [9.17, 15) is 0 Å². The molecule has 0 radical (unpaired) electrons. The number of rotatable bonds is 8. The lowest BCUT2D eigenvalue weighted by Crippen LogP contribution is -2.13. The quantitative estimate of drug-likeness (QED) is 0.651. The number of hydrogen-bond acceptors (Lipinski definition) is 2. The molecule has 18 heavy (non-hydrogen) atoms. The summed E-state index contributed by atoms with van der Waals surface area (Å²) >= 11 is 0. The average molecular weight is 247 g/mol. The monoisotopic (exact) mass is 247 g/mol. The Labute approximate surface area is 111 Å². The molecule has 100 valence electrons. The Morgan fingerprint density at radius 3 is 2.72 bits per heavy atom. The predicted octanol–water partition coefficient (Wildman–Crippen LogP) is 4.02. The minimum absolute atomic E-state index is 0.323. The molecule has 1 aromatic rings. The van der Waals surface area contributed by atoms with Crippen molar-refractivity contribution in [2.24, 2.45) is 13.0 Å². The standard InChI is InChI=1S/C15H25N3/c1-4-5-6-7-8-13(2)14(9-10-16)15-11-17-12-18(15)3/h11-14H,4-9H2,1-3H3. The first-order valence-corrected chi connectivity index (χ1v) is 7.03. The highest BCUT2D eigenvalue weighted by molar-refractivity contribution is 5.09. The summed E-state index contributed by atoms with van der Waals surface area (Å²) in [4.78, 5) is 4.17. The summed E-state index contributed by atoms with van der Waals surface area (Å²) in [6, 6.07) is 2.32. The molecule has 1 heterocycles. The molecule has 0 aliphatic heterocycles. The molecule has 0 spiro atoms. The number of nitriles is 1. The van der Waals surface area contributed by atoms with Crippen LogP contribution in [0.3, 0.4) is 0 Å². The summed E-state index contributed by atoms with van der Waals surface area (Å²) in [6.07, 6.45) is 10.7. The average Bonchev–Trinajstić information content (AvgIpc) is 2.77. The summed E-state index contributed by atoms with van der Waals surface area (Å²) in [5.41, 5.74) is 1.19. The van der Waals surface area contributed by atoms with Crippen molar-refractivity contribution in [3.8, 4) is 6.07 Å². The van der Waals surface area contributed by atoms with E-state index >= 15 is 0 Å². The van der Waals surface area contributed by atoms with Gasteiger partial charge in [-0.25, -0.2) is 4.98 Å². The van der Waals surface area contributed by atoms with Gasteiger partial charge in [-0.3, -0.25) is 0 Å². The molecule has 1 rings (SSSR count). The Kier molecular flexibility index (Phi) is 6.49. The summed E-state index contributed by atoms with van der Waals surface area (Å²) in [5.74, 6) is 0.876. The molecule has 0 bridgehead atoms. The van der Waals surface area contributed by atoms with E-state index in [0.29, 0.717) is 18.3 Å². The Morgan fingerprint density at radius 1 is 1.39 bits per heavy atom. The van der Waals surface area contributed by atoms with Crippen molar-refractivity contribution < 1.29 is 0 Å². The number of nitrogens with zero attached hydrogens (tertiary/aromatic N) is 3. The fraction of sp³-hybridized carbons (Fsp3) is 0.733. The predicted molar refractivity (Wildman–Crippen MR) is 74.1 cm³/mol. The molecular weight excluding hydrogens is 222 g/mol. The highest BCUT2D eigenvalue weighted by atomic mass is 15.0. The van der Waals surface area contributed by atoms with Crippen molar-refractivity contribution in [1.82, 2.24) is 9.55 Å². The maximum Gasteiger partial charge on any atom is 0.0945 e. The molecule has 0 saturated heterocycles. The molecule has 0 amide bonds. The molecule has 0 fully saturated rings. The van der Waals surface area contributed by atoms with Crippen LogP contribution in [-0.2, 0) is 7.05 Å². The van der Waals surface area contributed by atoms with Crippen molar-refractivity contribution in [2.75, 3.05) is 0 Å². The van der Waals surface area contributed by atoms with E-state index in [2.05, 4.69) is 24.9 Å². The fourth-order valence-electron chi connectivity index (χ4n) is 2.51. The van der Waals surface area contributed by atoms with Gasteiger partial charge in [0.25, 0.3) is 0 Å². The van der Waals surface area contributed by atoms with Gasteiger partial charge in [-0.1, -0.05) is 46.0 Å². The lowest BCUT2D eigenvalue weighted by molar-refractivity contribution is 0.399. The second-order valence-corrected chi connectivity index (χ2v) is 5.22. The third-order valence-corrected chi connectivity index (χ3v) is 3.74. The van der Waals surface area contributed by atoms with Gasteiger partial charge in [0, 0.05) is 31.3 Å². The zero-order valence-corrected chi connectivity index (χ0v) is 11.9. The van der Waals surface area contributed by atoms with Crippen LogP contribution in [0.5, 0.6) is 0 Å². The minimum Gasteiger partial charge on any atom is -0.337 e. The van der Waals surface area contributed by atoms with E-state index in [1.807, 2.05) is 24.1 Å². The number of hydrogen-bond donors (Lipinski definition) is 0. The fourth-order valence-corrected chi connectivity index (χ4v) is 2.51. The summed E-state index contributed by atoms with van der Waals surface area (Å²) in [6.45, 7) is 4.50. The zero-order valence-electron chi connectivity index (χ0n) is 11.9. The van der Waals surface area contributed by atoms with E-state index in [-0.39, 0.29) is 0 Å². The van der Waals surface area contributed by atoms with Gasteiger partial charge < -0.3 is 4.57 Å². The van der Waals surface area contributed by atoms with Crippen LogP contribution in [-0.4, -0.2) is 9.55 Å². The molecule has 0 aromatic carbocycles. The van der Waals surface area contributed by atoms with E-state index in [0.717, 1.165) is 0 Å². The van der Waals surface area contributed by atoms with Gasteiger partial charge in [-0.15, -0.1) is 0 Å². The first kappa shape index (κ1) is 14.8. The SMILES string of the molecule is CCCCCCC(C)C(CC#N)c1cncn1C. The lowest BCUT2D eigenvalue weighted by atomic mass is 9.85. The maximum absolute atomic E-state index is 9.01. The Bertz CT molecular complexity index is 375. The topological polar surface area (TPSA) is 41.6 Å². The van der Waals surface area contributed by atoms with Gasteiger partial charge in [0.05, 0.1) is 12.4 Å². The number of unbranched alkanes of at least 4 members (excludes halogenated alkanes) is 3. The van der Waals surface area contributed by atoms with Crippen LogP contribution in [0.1, 0.15) is 64.0 Å². The van der Waals surface area contributed by atoms with Crippen LogP contribution in [0.2, 0.25) is 0 Å². The molecule has 0 aliphatic rings. The molecule has 0 aliphatic carbocycles. The van der Waals surface area contributed by atoms with Crippen LogP contribution >= 0.6 is 0 Å². The van der Waals surface area contributed by atoms with Crippen LogP contribution in [0.25, 0.3) is 0 Å². The third-order valence-electron chi connectivity index (χ3n) is 3.74. The van der Waals surface area contributed by atoms with Gasteiger partial charge in [0.2, 0.25) is 0 Å². The second-order valence-electron chi connectivity index (χ2n) is 5.22. The van der Waals surface area contributed by atoms with E-state index in [1.54, 1.807) is 0 Å². The molecule has 0 N–H and O–H groups in total. The number of aryl methyl sites for hydroxylation is 1. The minimum atomic E-state index is 0.323. The number of imidazole rings is 1. The van der Waals surface area contributed by atoms with Crippen molar-refractivity contribution in [1.29, 1.82) is 5.26 Å². The highest BCUT2D eigenvalue weighted by Gasteiger charge is 2.21. The molecule has 3 nitrogen and oxygen atoms in total. The third kappa shape index (κ3) is 4.18. The van der Waals surface area contributed by atoms with Gasteiger partial charge in [0.15, 0.2) is 0 Å². The first-order chi connectivity index (χ1) is 8.70. The first-order valence-electron chi connectivity index (χ1n) is 7.03. The van der Waals surface area contributed by atoms with Crippen LogP contribution in [0, 0.1) is 17.2 Å². The summed E-state index contributed by atoms with van der Waals surface area (Å²) in [7, 11) is 2.01. The van der Waals surface area contributed by atoms with Crippen LogP contribution < -0.4 is 0 Å². The van der Waals surface area contributed by atoms with Gasteiger partial charge in [0.1, 0.15) is 0 Å². The molecule has 1 aromatic heterocycles. The largest absolute Gasteiger partial charge is 0.337 e. The van der Waals surface area contributed by atoms with Crippen LogP contribution in [0.4, 0.5) is 0 Å². The normalized spacial score (nSPS) is 14.1. The van der Waals surface area contributed by atoms with Crippen LogP contribution in [0.15, 0.2) is 12.5 Å². The Morgan fingerprint density at radius 2 is 2.17 bits per heavy atom. The second kappa shape index (κ2) is 7.92. The molecule has 3 heteroatoms. The highest BCUT2D eigenvalue weighted by Crippen LogP contribution is 2.30. The van der Waals surface area contributed by atoms with E-state index < -0.39 is 0 Å². The van der Waals surface area contributed by atoms with Crippen molar-refractivity contribution >= 4 is 0 Å². The lowest BCUT2D eigenvalue weighted by Gasteiger charge is -2.22. The zero-order chi connectivity index (χ0) is 13.4. The molecular formula is C15H25N3. The smallest absolute Gasteiger partial charge is 0.0945 e. The van der Waals surface area contributed by atoms with Crippen molar-refractivity contribution in [2.45, 2.75) is 58.3 Å².